The average molecular weight is 336 g/mol. The Morgan fingerprint density at radius 2 is 2.20 bits per heavy atom. The molecule has 0 saturated carbocycles. The van der Waals surface area contributed by atoms with Gasteiger partial charge in [0.25, 0.3) is 0 Å². The maximum atomic E-state index is 5.49. The molecule has 1 aliphatic heterocycles. The maximum Gasteiger partial charge on any atom is 0.246 e. The van der Waals surface area contributed by atoms with Crippen molar-refractivity contribution in [2.75, 3.05) is 6.54 Å². The molecule has 0 spiro atoms. The Bertz CT molecular complexity index is 617. The molecular weight excluding hydrogens is 318 g/mol. The molecule has 1 aromatic heterocycles. The van der Waals surface area contributed by atoms with Crippen molar-refractivity contribution >= 4 is 15.9 Å². The third-order valence-corrected chi connectivity index (χ3v) is 4.80. The number of hydrogen-bond acceptors (Lipinski definition) is 4. The molecule has 4 nitrogen and oxygen atoms in total. The van der Waals surface area contributed by atoms with E-state index in [0.717, 1.165) is 23.0 Å². The van der Waals surface area contributed by atoms with Crippen LogP contribution in [-0.4, -0.2) is 16.7 Å². The van der Waals surface area contributed by atoms with Crippen molar-refractivity contribution in [1.82, 2.24) is 15.5 Å². The molecule has 1 aromatic carbocycles. The van der Waals surface area contributed by atoms with Crippen molar-refractivity contribution in [3.63, 3.8) is 0 Å². The summed E-state index contributed by atoms with van der Waals surface area (Å²) >= 11 is 3.54. The lowest BCUT2D eigenvalue weighted by molar-refractivity contribution is 0.207. The SMILES string of the molecule is Cc1ccc(-c2noc(C3(C)CCCCN3)n2)cc1Br. The van der Waals surface area contributed by atoms with Crippen LogP contribution >= 0.6 is 15.9 Å². The highest BCUT2D eigenvalue weighted by molar-refractivity contribution is 9.10. The molecule has 0 radical (unpaired) electrons. The molecule has 0 amide bonds. The molecule has 1 saturated heterocycles. The molecule has 2 aromatic rings. The number of hydrogen-bond donors (Lipinski definition) is 1. The summed E-state index contributed by atoms with van der Waals surface area (Å²) in [6.45, 7) is 5.20. The summed E-state index contributed by atoms with van der Waals surface area (Å²) in [7, 11) is 0. The highest BCUT2D eigenvalue weighted by Crippen LogP contribution is 2.30. The van der Waals surface area contributed by atoms with Gasteiger partial charge in [-0.2, -0.15) is 4.98 Å². The van der Waals surface area contributed by atoms with Gasteiger partial charge in [0.1, 0.15) is 0 Å². The number of nitrogens with zero attached hydrogens (tertiary/aromatic N) is 2. The molecule has 106 valence electrons. The number of benzene rings is 1. The van der Waals surface area contributed by atoms with Gasteiger partial charge in [0.05, 0.1) is 5.54 Å². The largest absolute Gasteiger partial charge is 0.337 e. The van der Waals surface area contributed by atoms with E-state index in [4.69, 9.17) is 4.52 Å². The lowest BCUT2D eigenvalue weighted by Gasteiger charge is -2.31. The third-order valence-electron chi connectivity index (χ3n) is 3.95. The van der Waals surface area contributed by atoms with Gasteiger partial charge < -0.3 is 9.84 Å². The molecule has 0 aliphatic carbocycles. The van der Waals surface area contributed by atoms with E-state index in [-0.39, 0.29) is 5.54 Å². The van der Waals surface area contributed by atoms with E-state index in [1.807, 2.05) is 12.1 Å². The number of aromatic nitrogens is 2. The second kappa shape index (κ2) is 5.30. The Hall–Kier alpha value is -1.20. The van der Waals surface area contributed by atoms with E-state index in [0.29, 0.717) is 11.7 Å². The molecule has 2 heterocycles. The van der Waals surface area contributed by atoms with Crippen LogP contribution < -0.4 is 5.32 Å². The van der Waals surface area contributed by atoms with Crippen molar-refractivity contribution in [2.24, 2.45) is 0 Å². The third kappa shape index (κ3) is 2.52. The monoisotopic (exact) mass is 335 g/mol. The van der Waals surface area contributed by atoms with Gasteiger partial charge in [-0.1, -0.05) is 33.2 Å². The van der Waals surface area contributed by atoms with Crippen molar-refractivity contribution < 1.29 is 4.52 Å². The van der Waals surface area contributed by atoms with E-state index in [1.165, 1.54) is 18.4 Å². The predicted molar refractivity (Wildman–Crippen MR) is 81.4 cm³/mol. The van der Waals surface area contributed by atoms with Gasteiger partial charge in [0, 0.05) is 10.0 Å². The van der Waals surface area contributed by atoms with E-state index < -0.39 is 0 Å². The molecule has 3 rings (SSSR count). The summed E-state index contributed by atoms with van der Waals surface area (Å²) in [5, 5.41) is 7.62. The molecule has 5 heteroatoms. The molecule has 1 unspecified atom stereocenters. The number of piperidine rings is 1. The number of nitrogens with one attached hydrogen (secondary N) is 1. The van der Waals surface area contributed by atoms with Crippen molar-refractivity contribution in [3.05, 3.63) is 34.1 Å². The normalized spacial score (nSPS) is 22.9. The van der Waals surface area contributed by atoms with Crippen molar-refractivity contribution in [2.45, 2.75) is 38.6 Å². The summed E-state index contributed by atoms with van der Waals surface area (Å²) < 4.78 is 6.55. The number of aryl methyl sites for hydroxylation is 1. The van der Waals surface area contributed by atoms with Gasteiger partial charge in [0.15, 0.2) is 0 Å². The summed E-state index contributed by atoms with van der Waals surface area (Å²) in [4.78, 5) is 4.59. The fraction of sp³-hybridized carbons (Fsp3) is 0.467. The van der Waals surface area contributed by atoms with Gasteiger partial charge in [-0.25, -0.2) is 0 Å². The lowest BCUT2D eigenvalue weighted by Crippen LogP contribution is -2.43. The summed E-state index contributed by atoms with van der Waals surface area (Å²) in [5.41, 5.74) is 1.97. The van der Waals surface area contributed by atoms with Crippen LogP contribution in [-0.2, 0) is 5.54 Å². The second-order valence-corrected chi connectivity index (χ2v) is 6.46. The first-order valence-corrected chi connectivity index (χ1v) is 7.73. The molecule has 1 atom stereocenters. The molecule has 0 bridgehead atoms. The van der Waals surface area contributed by atoms with Crippen LogP contribution in [0.3, 0.4) is 0 Å². The Morgan fingerprint density at radius 1 is 1.35 bits per heavy atom. The van der Waals surface area contributed by atoms with E-state index >= 15 is 0 Å². The average Bonchev–Trinajstić information content (AvgIpc) is 2.93. The maximum absolute atomic E-state index is 5.49. The van der Waals surface area contributed by atoms with Crippen LogP contribution in [0.2, 0.25) is 0 Å². The Kier molecular flexibility index (Phi) is 3.65. The van der Waals surface area contributed by atoms with Crippen LogP contribution in [0.25, 0.3) is 11.4 Å². The van der Waals surface area contributed by atoms with Crippen molar-refractivity contribution in [3.8, 4) is 11.4 Å². The first kappa shape index (κ1) is 13.8. The number of halogens is 1. The minimum absolute atomic E-state index is 0.189. The van der Waals surface area contributed by atoms with Crippen molar-refractivity contribution in [1.29, 1.82) is 0 Å². The van der Waals surface area contributed by atoms with E-state index in [2.05, 4.69) is 51.3 Å². The minimum atomic E-state index is -0.189. The van der Waals surface area contributed by atoms with Crippen LogP contribution in [0.15, 0.2) is 27.2 Å². The molecule has 1 fully saturated rings. The fourth-order valence-corrected chi connectivity index (χ4v) is 2.91. The zero-order chi connectivity index (χ0) is 14.2. The van der Waals surface area contributed by atoms with Gasteiger partial charge >= 0.3 is 0 Å². The quantitative estimate of drug-likeness (QED) is 0.906. The van der Waals surface area contributed by atoms with Gasteiger partial charge in [-0.05, 0) is 51.3 Å². The zero-order valence-electron chi connectivity index (χ0n) is 11.7. The molecule has 1 aliphatic rings. The minimum Gasteiger partial charge on any atom is -0.337 e. The number of rotatable bonds is 2. The molecule has 1 N–H and O–H groups in total. The first-order valence-electron chi connectivity index (χ1n) is 6.94. The summed E-state index contributed by atoms with van der Waals surface area (Å²) in [6, 6.07) is 6.10. The Labute approximate surface area is 127 Å². The van der Waals surface area contributed by atoms with E-state index in [1.54, 1.807) is 0 Å². The Balaban J connectivity index is 1.91. The first-order chi connectivity index (χ1) is 9.58. The molecule has 20 heavy (non-hydrogen) atoms. The zero-order valence-corrected chi connectivity index (χ0v) is 13.3. The van der Waals surface area contributed by atoms with Crippen LogP contribution in [0, 0.1) is 6.92 Å². The van der Waals surface area contributed by atoms with Crippen LogP contribution in [0.5, 0.6) is 0 Å². The second-order valence-electron chi connectivity index (χ2n) is 5.60. The smallest absolute Gasteiger partial charge is 0.246 e. The van der Waals surface area contributed by atoms with Gasteiger partial charge in [-0.15, -0.1) is 0 Å². The standard InChI is InChI=1S/C15H18BrN3O/c1-10-5-6-11(9-12(10)16)13-18-14(20-19-13)15(2)7-3-4-8-17-15/h5-6,9,17H,3-4,7-8H2,1-2H3. The Morgan fingerprint density at radius 3 is 2.90 bits per heavy atom. The van der Waals surface area contributed by atoms with Gasteiger partial charge in [-0.3, -0.25) is 0 Å². The highest BCUT2D eigenvalue weighted by Gasteiger charge is 2.34. The van der Waals surface area contributed by atoms with Crippen LogP contribution in [0.4, 0.5) is 0 Å². The van der Waals surface area contributed by atoms with Crippen LogP contribution in [0.1, 0.15) is 37.6 Å². The summed E-state index contributed by atoms with van der Waals surface area (Å²) in [6.07, 6.45) is 3.44. The fourth-order valence-electron chi connectivity index (χ4n) is 2.54. The molecular formula is C15H18BrN3O. The topological polar surface area (TPSA) is 51.0 Å². The predicted octanol–water partition coefficient (Wildman–Crippen LogP) is 3.80. The lowest BCUT2D eigenvalue weighted by atomic mass is 9.91. The van der Waals surface area contributed by atoms with Gasteiger partial charge in [0.2, 0.25) is 11.7 Å². The summed E-state index contributed by atoms with van der Waals surface area (Å²) in [5.74, 6) is 1.33. The van der Waals surface area contributed by atoms with E-state index in [9.17, 15) is 0 Å². The highest BCUT2D eigenvalue weighted by atomic mass is 79.9.